The summed E-state index contributed by atoms with van der Waals surface area (Å²) in [5, 5.41) is 0. The van der Waals surface area contributed by atoms with Gasteiger partial charge in [0.05, 0.1) is 5.75 Å². The first-order chi connectivity index (χ1) is 14.4. The molecule has 0 aliphatic carbocycles. The molecule has 1 aromatic carbocycles. The molecule has 1 aliphatic rings. The summed E-state index contributed by atoms with van der Waals surface area (Å²) in [6, 6.07) is 9.13. The molecule has 0 spiro atoms. The molecule has 2 amide bonds. The molecule has 1 saturated heterocycles. The second-order valence-corrected chi connectivity index (χ2v) is 9.72. The quantitative estimate of drug-likeness (QED) is 0.533. The van der Waals surface area contributed by atoms with Gasteiger partial charge in [-0.3, -0.25) is 9.59 Å². The number of carbonyl (C=O) groups excluding carboxylic acids is 2. The average Bonchev–Trinajstić information content (AvgIpc) is 2.74. The molecular formula is C22H35N3O4S. The summed E-state index contributed by atoms with van der Waals surface area (Å²) in [6.45, 7) is 7.08. The first kappa shape index (κ1) is 24.3. The maximum absolute atomic E-state index is 12.6. The van der Waals surface area contributed by atoms with Crippen molar-refractivity contribution in [2.75, 3.05) is 39.3 Å². The number of carbonyl (C=O) groups is 2. The Morgan fingerprint density at radius 1 is 0.933 bits per heavy atom. The molecule has 7 nitrogen and oxygen atoms in total. The zero-order chi connectivity index (χ0) is 22.0. The summed E-state index contributed by atoms with van der Waals surface area (Å²) in [5.41, 5.74) is 0.765. The predicted octanol–water partition coefficient (Wildman–Crippen LogP) is 2.48. The third-order valence-electron chi connectivity index (χ3n) is 5.30. The van der Waals surface area contributed by atoms with E-state index in [9.17, 15) is 18.0 Å². The van der Waals surface area contributed by atoms with E-state index in [-0.39, 0.29) is 17.6 Å². The van der Waals surface area contributed by atoms with E-state index in [1.54, 1.807) is 17.0 Å². The first-order valence-electron chi connectivity index (χ1n) is 10.9. The highest BCUT2D eigenvalue weighted by Gasteiger charge is 2.28. The molecule has 168 valence electrons. The zero-order valence-corrected chi connectivity index (χ0v) is 19.1. The number of benzene rings is 1. The molecule has 1 aliphatic heterocycles. The lowest BCUT2D eigenvalue weighted by molar-refractivity contribution is -0.133. The van der Waals surface area contributed by atoms with Crippen molar-refractivity contribution in [2.24, 2.45) is 0 Å². The number of nitrogens with zero attached hydrogens (tertiary/aromatic N) is 3. The van der Waals surface area contributed by atoms with Crippen LogP contribution in [0, 0.1) is 0 Å². The molecule has 0 bridgehead atoms. The third kappa shape index (κ3) is 7.40. The Hall–Kier alpha value is -1.93. The van der Waals surface area contributed by atoms with Crippen LogP contribution in [0.4, 0.5) is 0 Å². The normalized spacial score (nSPS) is 15.2. The lowest BCUT2D eigenvalue weighted by Gasteiger charge is -2.34. The second-order valence-electron chi connectivity index (χ2n) is 7.76. The first-order valence-corrected chi connectivity index (χ1v) is 12.6. The van der Waals surface area contributed by atoms with E-state index >= 15 is 0 Å². The molecule has 1 fully saturated rings. The van der Waals surface area contributed by atoms with Crippen LogP contribution in [-0.4, -0.2) is 73.6 Å². The van der Waals surface area contributed by atoms with Gasteiger partial charge in [0.25, 0.3) is 0 Å². The van der Waals surface area contributed by atoms with Crippen LogP contribution in [0.5, 0.6) is 0 Å². The monoisotopic (exact) mass is 437 g/mol. The highest BCUT2D eigenvalue weighted by molar-refractivity contribution is 7.88. The zero-order valence-electron chi connectivity index (χ0n) is 18.3. The van der Waals surface area contributed by atoms with Crippen molar-refractivity contribution in [3.8, 4) is 0 Å². The maximum Gasteiger partial charge on any atom is 0.222 e. The number of rotatable bonds is 11. The third-order valence-corrected chi connectivity index (χ3v) is 7.15. The van der Waals surface area contributed by atoms with Crippen LogP contribution in [0.2, 0.25) is 0 Å². The minimum atomic E-state index is -3.39. The molecule has 0 aromatic heterocycles. The summed E-state index contributed by atoms with van der Waals surface area (Å²) < 4.78 is 26.7. The molecule has 0 N–H and O–H groups in total. The lowest BCUT2D eigenvalue weighted by atomic mass is 10.2. The van der Waals surface area contributed by atoms with Crippen molar-refractivity contribution >= 4 is 21.8 Å². The van der Waals surface area contributed by atoms with E-state index in [2.05, 4.69) is 13.8 Å². The molecule has 1 heterocycles. The largest absolute Gasteiger partial charge is 0.343 e. The maximum atomic E-state index is 12.6. The van der Waals surface area contributed by atoms with Crippen molar-refractivity contribution in [2.45, 2.75) is 51.7 Å². The van der Waals surface area contributed by atoms with E-state index < -0.39 is 10.0 Å². The summed E-state index contributed by atoms with van der Waals surface area (Å²) in [7, 11) is -3.39. The SMILES string of the molecule is CCCN(CCC)C(=O)CCCC(=O)N1CCN(S(=O)(=O)Cc2ccccc2)CC1. The summed E-state index contributed by atoms with van der Waals surface area (Å²) >= 11 is 0. The molecule has 0 atom stereocenters. The van der Waals surface area contributed by atoms with Gasteiger partial charge in [0, 0.05) is 52.1 Å². The number of hydrogen-bond donors (Lipinski definition) is 0. The van der Waals surface area contributed by atoms with Crippen LogP contribution in [0.15, 0.2) is 30.3 Å². The smallest absolute Gasteiger partial charge is 0.222 e. The molecule has 1 aromatic rings. The van der Waals surface area contributed by atoms with Crippen molar-refractivity contribution in [3.05, 3.63) is 35.9 Å². The van der Waals surface area contributed by atoms with Gasteiger partial charge in [-0.05, 0) is 24.8 Å². The molecule has 2 rings (SSSR count). The van der Waals surface area contributed by atoms with E-state index in [1.165, 1.54) is 4.31 Å². The molecule has 0 saturated carbocycles. The Labute approximate surface area is 181 Å². The topological polar surface area (TPSA) is 78.0 Å². The highest BCUT2D eigenvalue weighted by atomic mass is 32.2. The van der Waals surface area contributed by atoms with E-state index in [4.69, 9.17) is 0 Å². The van der Waals surface area contributed by atoms with Gasteiger partial charge in [0.1, 0.15) is 0 Å². The summed E-state index contributed by atoms with van der Waals surface area (Å²) in [5.74, 6) is 0.0967. The standard InChI is InChI=1S/C22H35N3O4S/c1-3-13-23(14-4-2)21(26)11-8-12-22(27)24-15-17-25(18-16-24)30(28,29)19-20-9-6-5-7-10-20/h5-7,9-10H,3-4,8,11-19H2,1-2H3. The number of amides is 2. The summed E-state index contributed by atoms with van der Waals surface area (Å²) in [4.78, 5) is 28.4. The number of piperazine rings is 1. The lowest BCUT2D eigenvalue weighted by Crippen LogP contribution is -2.50. The van der Waals surface area contributed by atoms with Crippen molar-refractivity contribution < 1.29 is 18.0 Å². The Bertz CT molecular complexity index is 769. The highest BCUT2D eigenvalue weighted by Crippen LogP contribution is 2.15. The van der Waals surface area contributed by atoms with Gasteiger partial charge in [-0.25, -0.2) is 8.42 Å². The van der Waals surface area contributed by atoms with Gasteiger partial charge in [-0.1, -0.05) is 44.2 Å². The van der Waals surface area contributed by atoms with Gasteiger partial charge >= 0.3 is 0 Å². The van der Waals surface area contributed by atoms with Crippen molar-refractivity contribution in [1.29, 1.82) is 0 Å². The Morgan fingerprint density at radius 2 is 1.53 bits per heavy atom. The van der Waals surface area contributed by atoms with E-state index in [0.29, 0.717) is 45.4 Å². The van der Waals surface area contributed by atoms with Crippen LogP contribution in [0.1, 0.15) is 51.5 Å². The number of hydrogen-bond acceptors (Lipinski definition) is 4. The van der Waals surface area contributed by atoms with Crippen LogP contribution in [0.3, 0.4) is 0 Å². The van der Waals surface area contributed by atoms with Gasteiger partial charge in [-0.2, -0.15) is 4.31 Å². The number of sulfonamides is 1. The van der Waals surface area contributed by atoms with Gasteiger partial charge in [0.15, 0.2) is 0 Å². The fraction of sp³-hybridized carbons (Fsp3) is 0.636. The van der Waals surface area contributed by atoms with Crippen LogP contribution < -0.4 is 0 Å². The molecule has 0 unspecified atom stereocenters. The van der Waals surface area contributed by atoms with Gasteiger partial charge in [0.2, 0.25) is 21.8 Å². The Kier molecular flexibility index (Phi) is 9.78. The van der Waals surface area contributed by atoms with Crippen LogP contribution >= 0.6 is 0 Å². The molecule has 0 radical (unpaired) electrons. The predicted molar refractivity (Wildman–Crippen MR) is 118 cm³/mol. The van der Waals surface area contributed by atoms with Gasteiger partial charge in [-0.15, -0.1) is 0 Å². The van der Waals surface area contributed by atoms with E-state index in [0.717, 1.165) is 31.5 Å². The van der Waals surface area contributed by atoms with Crippen molar-refractivity contribution in [1.82, 2.24) is 14.1 Å². The summed E-state index contributed by atoms with van der Waals surface area (Å²) in [6.07, 6.45) is 3.12. The Balaban J connectivity index is 1.75. The second kappa shape index (κ2) is 12.1. The van der Waals surface area contributed by atoms with Crippen LogP contribution in [0.25, 0.3) is 0 Å². The molecule has 30 heavy (non-hydrogen) atoms. The van der Waals surface area contributed by atoms with E-state index in [1.807, 2.05) is 23.1 Å². The minimum absolute atomic E-state index is 0.000408. The molecule has 8 heteroatoms. The fourth-order valence-corrected chi connectivity index (χ4v) is 5.22. The average molecular weight is 438 g/mol. The Morgan fingerprint density at radius 3 is 2.10 bits per heavy atom. The fourth-order valence-electron chi connectivity index (χ4n) is 3.70. The minimum Gasteiger partial charge on any atom is -0.343 e. The molecular weight excluding hydrogens is 402 g/mol. The van der Waals surface area contributed by atoms with Crippen LogP contribution in [-0.2, 0) is 25.4 Å². The van der Waals surface area contributed by atoms with Gasteiger partial charge < -0.3 is 9.80 Å². The van der Waals surface area contributed by atoms with Crippen molar-refractivity contribution in [3.63, 3.8) is 0 Å².